The van der Waals surface area contributed by atoms with Crippen molar-refractivity contribution in [3.05, 3.63) is 141 Å². The molecule has 3 aromatic carbocycles. The summed E-state index contributed by atoms with van der Waals surface area (Å²) in [6.45, 7) is 27.7. The van der Waals surface area contributed by atoms with Crippen molar-refractivity contribution >= 4 is 56.3 Å². The summed E-state index contributed by atoms with van der Waals surface area (Å²) in [4.78, 5) is 39.9. The van der Waals surface area contributed by atoms with Crippen LogP contribution in [0.1, 0.15) is 92.0 Å². The van der Waals surface area contributed by atoms with Gasteiger partial charge >= 0.3 is 0 Å². The van der Waals surface area contributed by atoms with Gasteiger partial charge in [0.25, 0.3) is 0 Å². The van der Waals surface area contributed by atoms with Crippen LogP contribution in [-0.2, 0) is 37.8 Å². The monoisotopic (exact) mass is 1250 g/mol. The summed E-state index contributed by atoms with van der Waals surface area (Å²) in [5.74, 6) is 22.6. The molecule has 0 radical (unpaired) electrons. The fraction of sp³-hybridized carbons (Fsp3) is 0.426. The first-order valence-electron chi connectivity index (χ1n) is 30.1. The minimum absolute atomic E-state index is 0.342. The summed E-state index contributed by atoms with van der Waals surface area (Å²) in [7, 11) is -0.276. The first-order valence-corrected chi connectivity index (χ1v) is 36.0. The van der Waals surface area contributed by atoms with E-state index in [4.69, 9.17) is 38.2 Å². The highest BCUT2D eigenvalue weighted by Crippen LogP contribution is 2.41. The Morgan fingerprint density at radius 3 is 1.00 bits per heavy atom. The maximum Gasteiger partial charge on any atom is 0.246 e. The Bertz CT molecular complexity index is 3480. The fourth-order valence-electron chi connectivity index (χ4n) is 10.5. The summed E-state index contributed by atoms with van der Waals surface area (Å²) < 4.78 is 56.5. The number of nitrogens with zero attached hydrogens (tertiary/aromatic N) is 9. The predicted octanol–water partition coefficient (Wildman–Crippen LogP) is 9.46. The highest BCUT2D eigenvalue weighted by Gasteiger charge is 2.26. The van der Waals surface area contributed by atoms with Crippen LogP contribution in [0.5, 0.6) is 17.2 Å². The van der Waals surface area contributed by atoms with Crippen molar-refractivity contribution in [3.63, 3.8) is 0 Å². The van der Waals surface area contributed by atoms with Gasteiger partial charge in [-0.15, -0.1) is 0 Å². The van der Waals surface area contributed by atoms with Gasteiger partial charge in [0.1, 0.15) is 28.1 Å². The van der Waals surface area contributed by atoms with Crippen LogP contribution >= 0.6 is 22.9 Å². The molecule has 1 aliphatic heterocycles. The van der Waals surface area contributed by atoms with E-state index in [1.54, 1.807) is 53.5 Å². The predicted molar refractivity (Wildman–Crippen MR) is 361 cm³/mol. The fourth-order valence-corrected chi connectivity index (χ4v) is 12.8. The molecule has 3 atom stereocenters. The molecule has 4 heterocycles. The van der Waals surface area contributed by atoms with Gasteiger partial charge in [0.05, 0.1) is 69.1 Å². The molecule has 88 heavy (non-hydrogen) atoms. The van der Waals surface area contributed by atoms with Gasteiger partial charge in [-0.2, -0.15) is 0 Å². The summed E-state index contributed by atoms with van der Waals surface area (Å²) in [6.07, 6.45) is 0. The van der Waals surface area contributed by atoms with E-state index >= 15 is 0 Å². The van der Waals surface area contributed by atoms with Gasteiger partial charge in [-0.05, 0) is 139 Å². The van der Waals surface area contributed by atoms with Crippen molar-refractivity contribution in [1.29, 1.82) is 0 Å². The van der Waals surface area contributed by atoms with Gasteiger partial charge in [0, 0.05) is 159 Å². The lowest BCUT2D eigenvalue weighted by atomic mass is 10.1. The molecule has 3 unspecified atom stereocenters. The second kappa shape index (κ2) is 32.6. The Kier molecular flexibility index (Phi) is 25.5. The molecule has 0 spiro atoms. The molecule has 7 rings (SSSR count). The number of anilines is 3. The van der Waals surface area contributed by atoms with E-state index in [1.165, 1.54) is 14.2 Å². The van der Waals surface area contributed by atoms with Gasteiger partial charge in [-0.25, -0.2) is 15.0 Å². The molecular formula is C68H88N9O8P3. The summed E-state index contributed by atoms with van der Waals surface area (Å²) in [5.41, 5.74) is 10.9. The van der Waals surface area contributed by atoms with Gasteiger partial charge < -0.3 is 42.9 Å². The third-order valence-corrected chi connectivity index (χ3v) is 20.1. The summed E-state index contributed by atoms with van der Waals surface area (Å²) in [5, 5.41) is 0. The molecule has 1 saturated heterocycles. The quantitative estimate of drug-likeness (QED) is 0.0477. The molecule has 1 fully saturated rings. The number of pyridine rings is 3. The van der Waals surface area contributed by atoms with Crippen LogP contribution in [-0.4, -0.2) is 169 Å². The lowest BCUT2D eigenvalue weighted by Crippen LogP contribution is -2.36. The average molecular weight is 1250 g/mol. The van der Waals surface area contributed by atoms with Crippen molar-refractivity contribution in [1.82, 2.24) is 29.7 Å². The summed E-state index contributed by atoms with van der Waals surface area (Å²) in [6, 6.07) is 29.3. The molecule has 1 N–H and O–H groups in total. The van der Waals surface area contributed by atoms with E-state index < -0.39 is 22.9 Å². The molecule has 0 saturated carbocycles. The SMILES string of the molecule is CCN(CC)c1cc(C#Cc2cc(CN3CCN(Cc4cc(C#Cc5ccc(OC)c(N(CC)CC)c5)cc(P(C)(=O)OC)n4)CCN(Cc4cc(C#Cc5ccc(OC)c(N(CC)CC)c5)cc(P(C)(=O)OC)n4)CC3)nc(P(C)O)c2)ccc1OC. The number of ether oxygens (including phenoxy) is 3. The van der Waals surface area contributed by atoms with E-state index in [1.807, 2.05) is 72.8 Å². The van der Waals surface area contributed by atoms with Crippen molar-refractivity contribution in [3.8, 4) is 52.8 Å². The zero-order valence-corrected chi connectivity index (χ0v) is 56.6. The second-order valence-corrected chi connectivity index (χ2v) is 28.0. The van der Waals surface area contributed by atoms with E-state index in [-0.39, 0.29) is 0 Å². The van der Waals surface area contributed by atoms with E-state index in [2.05, 4.69) is 113 Å². The van der Waals surface area contributed by atoms with Crippen molar-refractivity contribution < 1.29 is 37.3 Å². The first kappa shape index (κ1) is 68.7. The molecule has 3 aromatic heterocycles. The van der Waals surface area contributed by atoms with Gasteiger partial charge in [-0.1, -0.05) is 35.5 Å². The molecule has 20 heteroatoms. The standard InChI is InChI=1S/C68H88N9O8P3/c1-15-75(16-2)60-42-51(27-30-63(60)81-7)21-24-54-39-57(69-66(45-54)86(12)78)48-72-33-35-73(49-58-40-55(46-67(70-58)87(13,79)84-10)25-22-52-28-31-64(82-8)61(43-52)76(17-3)18-4)37-38-74(36-34-72)50-59-41-56(47-68(71-59)88(14,80)85-11)26-23-53-29-32-65(83-9)62(44-53)77(19-5)20-6/h27-32,39-47,78H,15-20,33-38,48-50H2,1-14H3. The number of hydrogen-bond donors (Lipinski definition) is 1. The topological polar surface area (TPSA) is 159 Å². The molecule has 0 aliphatic carbocycles. The normalized spacial score (nSPS) is 14.8. The maximum absolute atomic E-state index is 14.0. The molecule has 0 bridgehead atoms. The Morgan fingerprint density at radius 2 is 0.727 bits per heavy atom. The van der Waals surface area contributed by atoms with E-state index in [0.717, 1.165) is 102 Å². The van der Waals surface area contributed by atoms with Crippen molar-refractivity contribution in [2.75, 3.05) is 149 Å². The van der Waals surface area contributed by atoms with Crippen LogP contribution in [0.25, 0.3) is 0 Å². The molecular weight excluding hydrogens is 1160 g/mol. The van der Waals surface area contributed by atoms with Gasteiger partial charge in [0.2, 0.25) is 14.7 Å². The highest BCUT2D eigenvalue weighted by atomic mass is 31.2. The third-order valence-electron chi connectivity index (χ3n) is 15.7. The molecule has 6 aromatic rings. The number of methoxy groups -OCH3 is 3. The molecule has 17 nitrogen and oxygen atoms in total. The zero-order chi connectivity index (χ0) is 63.5. The van der Waals surface area contributed by atoms with E-state index in [0.29, 0.717) is 97.7 Å². The van der Waals surface area contributed by atoms with Crippen molar-refractivity contribution in [2.45, 2.75) is 61.2 Å². The van der Waals surface area contributed by atoms with Gasteiger partial charge in [0.15, 0.2) is 0 Å². The average Bonchev–Trinajstić information content (AvgIpc) is 3.82. The second-order valence-electron chi connectivity index (χ2n) is 21.5. The van der Waals surface area contributed by atoms with Crippen LogP contribution in [0.4, 0.5) is 17.1 Å². The Labute approximate surface area is 524 Å². The minimum atomic E-state index is -3.33. The smallest absolute Gasteiger partial charge is 0.246 e. The Balaban J connectivity index is 1.26. The Morgan fingerprint density at radius 1 is 0.443 bits per heavy atom. The first-order chi connectivity index (χ1) is 42.3. The zero-order valence-electron chi connectivity index (χ0n) is 53.9. The lowest BCUT2D eigenvalue weighted by molar-refractivity contribution is 0.207. The van der Waals surface area contributed by atoms with Crippen LogP contribution in [0.15, 0.2) is 91.0 Å². The van der Waals surface area contributed by atoms with E-state index in [9.17, 15) is 14.0 Å². The largest absolute Gasteiger partial charge is 0.495 e. The number of aromatic nitrogens is 3. The number of rotatable bonds is 23. The number of hydrogen-bond acceptors (Lipinski definition) is 17. The van der Waals surface area contributed by atoms with Crippen molar-refractivity contribution in [2.24, 2.45) is 0 Å². The molecule has 468 valence electrons. The third kappa shape index (κ3) is 18.4. The minimum Gasteiger partial charge on any atom is -0.495 e. The Hall–Kier alpha value is -6.76. The lowest BCUT2D eigenvalue weighted by Gasteiger charge is -2.26. The molecule has 0 amide bonds. The number of benzene rings is 3. The maximum atomic E-state index is 14.0. The van der Waals surface area contributed by atoms with Crippen LogP contribution < -0.4 is 45.2 Å². The molecule has 1 aliphatic rings. The van der Waals surface area contributed by atoms with Crippen LogP contribution in [0.3, 0.4) is 0 Å². The summed E-state index contributed by atoms with van der Waals surface area (Å²) >= 11 is 0. The van der Waals surface area contributed by atoms with Gasteiger partial charge in [-0.3, -0.25) is 23.8 Å². The van der Waals surface area contributed by atoms with Crippen LogP contribution in [0.2, 0.25) is 0 Å². The highest BCUT2D eigenvalue weighted by molar-refractivity contribution is 7.66. The van der Waals surface area contributed by atoms with Crippen LogP contribution in [0, 0.1) is 35.5 Å².